The van der Waals surface area contributed by atoms with Gasteiger partial charge in [0.05, 0.1) is 12.3 Å². The van der Waals surface area contributed by atoms with Gasteiger partial charge in [0.25, 0.3) is 5.91 Å². The van der Waals surface area contributed by atoms with Crippen molar-refractivity contribution in [3.63, 3.8) is 0 Å². The summed E-state index contributed by atoms with van der Waals surface area (Å²) in [6, 6.07) is 22.9. The Labute approximate surface area is 269 Å². The Balaban J connectivity index is 1.36. The van der Waals surface area contributed by atoms with Crippen LogP contribution in [-0.2, 0) is 9.59 Å². The van der Waals surface area contributed by atoms with Crippen molar-refractivity contribution in [3.05, 3.63) is 131 Å². The molecule has 236 valence electrons. The highest BCUT2D eigenvalue weighted by atomic mass is 16.5. The van der Waals surface area contributed by atoms with Gasteiger partial charge in [0.15, 0.2) is 11.6 Å². The van der Waals surface area contributed by atoms with Crippen molar-refractivity contribution in [2.45, 2.75) is 57.3 Å². The van der Waals surface area contributed by atoms with E-state index in [9.17, 15) is 19.2 Å². The number of aliphatic carboxylic acids is 1. The molecule has 0 radical (unpaired) electrons. The van der Waals surface area contributed by atoms with Crippen LogP contribution in [0.4, 0.5) is 0 Å². The van der Waals surface area contributed by atoms with Crippen LogP contribution in [0.25, 0.3) is 0 Å². The molecule has 1 fully saturated rings. The average molecular weight is 618 g/mol. The molecule has 0 saturated heterocycles. The van der Waals surface area contributed by atoms with Crippen LogP contribution in [-0.4, -0.2) is 35.1 Å². The van der Waals surface area contributed by atoms with Gasteiger partial charge in [0.1, 0.15) is 11.5 Å². The summed E-state index contributed by atoms with van der Waals surface area (Å²) < 4.78 is 5.86. The largest absolute Gasteiger partial charge is 0.481 e. The first-order valence-electron chi connectivity index (χ1n) is 15.9. The van der Waals surface area contributed by atoms with Gasteiger partial charge in [-0.15, -0.1) is 0 Å². The molecule has 0 bridgehead atoms. The van der Waals surface area contributed by atoms with E-state index in [0.717, 1.165) is 6.42 Å². The number of rotatable bonds is 13. The van der Waals surface area contributed by atoms with Crippen LogP contribution < -0.4 is 10.1 Å². The Morgan fingerprint density at radius 2 is 1.48 bits per heavy atom. The minimum Gasteiger partial charge on any atom is -0.481 e. The van der Waals surface area contributed by atoms with Crippen LogP contribution in [0.15, 0.2) is 114 Å². The number of benzene rings is 3. The highest BCUT2D eigenvalue weighted by molar-refractivity contribution is 6.07. The van der Waals surface area contributed by atoms with Crippen molar-refractivity contribution in [2.24, 2.45) is 5.92 Å². The van der Waals surface area contributed by atoms with Gasteiger partial charge < -0.3 is 15.2 Å². The third kappa shape index (κ3) is 8.78. The van der Waals surface area contributed by atoms with Gasteiger partial charge in [-0.1, -0.05) is 79.5 Å². The lowest BCUT2D eigenvalue weighted by Crippen LogP contribution is -2.26. The first kappa shape index (κ1) is 32.4. The van der Waals surface area contributed by atoms with Crippen molar-refractivity contribution in [3.8, 4) is 11.5 Å². The predicted molar refractivity (Wildman–Crippen MR) is 177 cm³/mol. The summed E-state index contributed by atoms with van der Waals surface area (Å²) >= 11 is 0. The molecule has 46 heavy (non-hydrogen) atoms. The summed E-state index contributed by atoms with van der Waals surface area (Å²) in [7, 11) is 0. The van der Waals surface area contributed by atoms with E-state index in [0.29, 0.717) is 39.7 Å². The van der Waals surface area contributed by atoms with Crippen molar-refractivity contribution in [2.75, 3.05) is 6.54 Å². The SMILES string of the molecule is O=C(O)CCNC(=O)c1ccc(C(CC(=O)c2ccc(Oc3ccccc3)cc2)C(=O)C2=CC=C(C3CCCCC3)CC=C2)cc1. The molecule has 2 N–H and O–H groups in total. The molecule has 1 atom stereocenters. The van der Waals surface area contributed by atoms with E-state index >= 15 is 0 Å². The van der Waals surface area contributed by atoms with Gasteiger partial charge in [-0.2, -0.15) is 0 Å². The second kappa shape index (κ2) is 15.8. The third-order valence-corrected chi connectivity index (χ3v) is 8.60. The van der Waals surface area contributed by atoms with Crippen LogP contribution >= 0.6 is 0 Å². The molecule has 2 aliphatic carbocycles. The normalized spacial score (nSPS) is 15.6. The molecule has 1 unspecified atom stereocenters. The molecule has 3 aromatic rings. The fraction of sp³-hybridized carbons (Fsp3) is 0.282. The van der Waals surface area contributed by atoms with Crippen molar-refractivity contribution >= 4 is 23.4 Å². The second-order valence-electron chi connectivity index (χ2n) is 11.8. The Bertz CT molecular complexity index is 1630. The predicted octanol–water partition coefficient (Wildman–Crippen LogP) is 8.00. The van der Waals surface area contributed by atoms with Gasteiger partial charge in [-0.3, -0.25) is 19.2 Å². The van der Waals surface area contributed by atoms with Crippen LogP contribution in [0.5, 0.6) is 11.5 Å². The fourth-order valence-corrected chi connectivity index (χ4v) is 6.03. The Morgan fingerprint density at radius 1 is 0.804 bits per heavy atom. The van der Waals surface area contributed by atoms with Crippen molar-refractivity contribution in [1.82, 2.24) is 5.32 Å². The number of hydrogen-bond donors (Lipinski definition) is 2. The van der Waals surface area contributed by atoms with Gasteiger partial charge in [-0.25, -0.2) is 0 Å². The van der Waals surface area contributed by atoms with E-state index in [-0.39, 0.29) is 31.0 Å². The minimum absolute atomic E-state index is 0.0115. The highest BCUT2D eigenvalue weighted by Gasteiger charge is 2.27. The van der Waals surface area contributed by atoms with E-state index in [2.05, 4.69) is 11.4 Å². The molecule has 0 spiro atoms. The molecule has 1 amide bonds. The van der Waals surface area contributed by atoms with Gasteiger partial charge >= 0.3 is 5.97 Å². The summed E-state index contributed by atoms with van der Waals surface area (Å²) in [5.74, 6) is -0.674. The molecule has 0 aliphatic heterocycles. The van der Waals surface area contributed by atoms with Crippen LogP contribution in [0, 0.1) is 5.92 Å². The molecule has 5 rings (SSSR count). The van der Waals surface area contributed by atoms with E-state index in [1.807, 2.05) is 48.6 Å². The van der Waals surface area contributed by atoms with Gasteiger partial charge in [-0.05, 0) is 79.3 Å². The summed E-state index contributed by atoms with van der Waals surface area (Å²) in [5, 5.41) is 11.4. The van der Waals surface area contributed by atoms with Crippen molar-refractivity contribution < 1.29 is 29.0 Å². The number of Topliss-reactive ketones (excluding diaryl/α,β-unsaturated/α-hetero) is 2. The second-order valence-corrected chi connectivity index (χ2v) is 11.8. The zero-order chi connectivity index (χ0) is 32.3. The Morgan fingerprint density at radius 3 is 2.17 bits per heavy atom. The van der Waals surface area contributed by atoms with Gasteiger partial charge in [0.2, 0.25) is 0 Å². The quantitative estimate of drug-likeness (QED) is 0.188. The number of carboxylic acids is 1. The first-order chi connectivity index (χ1) is 22.4. The number of carbonyl (C=O) groups is 4. The monoisotopic (exact) mass is 617 g/mol. The molecule has 0 aromatic heterocycles. The van der Waals surface area contributed by atoms with E-state index in [1.54, 1.807) is 48.5 Å². The summed E-state index contributed by atoms with van der Waals surface area (Å²) in [6.45, 7) is 0.0115. The number of hydrogen-bond acceptors (Lipinski definition) is 5. The van der Waals surface area contributed by atoms with E-state index < -0.39 is 17.8 Å². The number of allylic oxidation sites excluding steroid dienone is 6. The maximum Gasteiger partial charge on any atom is 0.305 e. The number of ketones is 2. The third-order valence-electron chi connectivity index (χ3n) is 8.60. The first-order valence-corrected chi connectivity index (χ1v) is 15.9. The zero-order valence-corrected chi connectivity index (χ0v) is 25.8. The summed E-state index contributed by atoms with van der Waals surface area (Å²) in [4.78, 5) is 51.1. The molecular weight excluding hydrogens is 578 g/mol. The Kier molecular flexibility index (Phi) is 11.1. The number of carboxylic acid groups (broad SMARTS) is 1. The average Bonchev–Trinajstić information content (AvgIpc) is 3.34. The maximum absolute atomic E-state index is 14.1. The Hall–Kier alpha value is -5.04. The smallest absolute Gasteiger partial charge is 0.305 e. The van der Waals surface area contributed by atoms with Gasteiger partial charge in [0, 0.05) is 29.7 Å². The lowest BCUT2D eigenvalue weighted by atomic mass is 9.82. The number of ether oxygens (including phenoxy) is 1. The highest BCUT2D eigenvalue weighted by Crippen LogP contribution is 2.34. The lowest BCUT2D eigenvalue weighted by molar-refractivity contribution is -0.136. The minimum atomic E-state index is -0.998. The van der Waals surface area contributed by atoms with Crippen LogP contribution in [0.1, 0.15) is 83.6 Å². The van der Waals surface area contributed by atoms with E-state index in [1.165, 1.54) is 37.7 Å². The molecule has 0 heterocycles. The zero-order valence-electron chi connectivity index (χ0n) is 25.8. The van der Waals surface area contributed by atoms with Crippen LogP contribution in [0.2, 0.25) is 0 Å². The summed E-state index contributed by atoms with van der Waals surface area (Å²) in [5.41, 5.74) is 3.33. The molecule has 2 aliphatic rings. The fourth-order valence-electron chi connectivity index (χ4n) is 6.03. The lowest BCUT2D eigenvalue weighted by Gasteiger charge is -2.23. The molecule has 7 nitrogen and oxygen atoms in total. The number of amides is 1. The summed E-state index contributed by atoms with van der Waals surface area (Å²) in [6.07, 6.45) is 14.6. The number of nitrogens with one attached hydrogen (secondary N) is 1. The molecule has 7 heteroatoms. The van der Waals surface area contributed by atoms with Crippen molar-refractivity contribution in [1.29, 1.82) is 0 Å². The molecule has 1 saturated carbocycles. The topological polar surface area (TPSA) is 110 Å². The number of carbonyl (C=O) groups excluding carboxylic acids is 3. The molecular formula is C39H39NO6. The van der Waals surface area contributed by atoms with Crippen LogP contribution in [0.3, 0.4) is 0 Å². The number of para-hydroxylation sites is 1. The molecule has 3 aromatic carbocycles. The standard InChI is InChI=1S/C39H39NO6/c41-36(30-20-22-34(23-21-30)46-33-12-5-2-6-13-33)26-35(29-15-18-32(19-16-29)39(45)40-25-24-37(42)43)38(44)31-11-7-10-28(14-17-31)27-8-3-1-4-9-27/h2,5-7,11-23,27,35H,1,3-4,8-10,24-26H2,(H,40,45)(H,42,43). The van der Waals surface area contributed by atoms with E-state index in [4.69, 9.17) is 9.84 Å². The maximum atomic E-state index is 14.1.